The van der Waals surface area contributed by atoms with Crippen molar-refractivity contribution in [1.82, 2.24) is 4.98 Å². The molecule has 0 saturated carbocycles. The first-order chi connectivity index (χ1) is 12.1. The van der Waals surface area contributed by atoms with Gasteiger partial charge >= 0.3 is 0 Å². The average molecular weight is 331 g/mol. The molecule has 1 amide bonds. The van der Waals surface area contributed by atoms with Crippen LogP contribution in [-0.2, 0) is 0 Å². The largest absolute Gasteiger partial charge is 0.354 e. The predicted octanol–water partition coefficient (Wildman–Crippen LogP) is 4.28. The fraction of sp³-hybridized carbons (Fsp3) is 0.0500. The lowest BCUT2D eigenvalue weighted by Gasteiger charge is -2.08. The Hall–Kier alpha value is -3.47. The monoisotopic (exact) mass is 331 g/mol. The van der Waals surface area contributed by atoms with Crippen LogP contribution in [0.3, 0.4) is 0 Å². The van der Waals surface area contributed by atoms with E-state index in [-0.39, 0.29) is 11.7 Å². The van der Waals surface area contributed by atoms with Crippen LogP contribution < -0.4 is 10.6 Å². The molecule has 2 N–H and O–H groups in total. The zero-order valence-corrected chi connectivity index (χ0v) is 13.7. The molecule has 1 aromatic heterocycles. The van der Waals surface area contributed by atoms with Crippen molar-refractivity contribution in [3.63, 3.8) is 0 Å². The molecule has 0 aliphatic carbocycles. The second-order valence-electron chi connectivity index (χ2n) is 5.51. The summed E-state index contributed by atoms with van der Waals surface area (Å²) in [5.74, 6) is -0.258. The Labute approximate surface area is 145 Å². The van der Waals surface area contributed by atoms with E-state index in [1.807, 2.05) is 42.5 Å². The zero-order chi connectivity index (χ0) is 17.6. The van der Waals surface area contributed by atoms with Crippen LogP contribution in [0.1, 0.15) is 27.8 Å². The minimum Gasteiger partial charge on any atom is -0.354 e. The summed E-state index contributed by atoms with van der Waals surface area (Å²) in [5.41, 5.74) is 3.20. The van der Waals surface area contributed by atoms with Crippen molar-refractivity contribution in [3.05, 3.63) is 84.2 Å². The molecule has 0 unspecified atom stereocenters. The molecule has 5 heteroatoms. The van der Waals surface area contributed by atoms with Crippen LogP contribution in [0, 0.1) is 0 Å². The molecule has 0 aliphatic rings. The van der Waals surface area contributed by atoms with Crippen LogP contribution in [0.25, 0.3) is 0 Å². The number of ketones is 1. The Morgan fingerprint density at radius 1 is 0.840 bits per heavy atom. The van der Waals surface area contributed by atoms with E-state index in [1.165, 1.54) is 6.92 Å². The third-order valence-electron chi connectivity index (χ3n) is 3.59. The van der Waals surface area contributed by atoms with Crippen molar-refractivity contribution >= 4 is 28.8 Å². The molecule has 3 rings (SSSR count). The molecule has 124 valence electrons. The van der Waals surface area contributed by atoms with Gasteiger partial charge in [-0.15, -0.1) is 0 Å². The number of aromatic nitrogens is 1. The second kappa shape index (κ2) is 7.40. The van der Waals surface area contributed by atoms with E-state index in [0.29, 0.717) is 11.3 Å². The molecule has 0 radical (unpaired) electrons. The summed E-state index contributed by atoms with van der Waals surface area (Å²) in [6, 6.07) is 19.9. The van der Waals surface area contributed by atoms with Crippen molar-refractivity contribution < 1.29 is 9.59 Å². The van der Waals surface area contributed by atoms with Crippen molar-refractivity contribution in [2.75, 3.05) is 10.6 Å². The minimum absolute atomic E-state index is 0.00899. The second-order valence-corrected chi connectivity index (χ2v) is 5.51. The van der Waals surface area contributed by atoms with E-state index in [4.69, 9.17) is 0 Å². The highest BCUT2D eigenvalue weighted by molar-refractivity contribution is 6.03. The molecular weight excluding hydrogens is 314 g/mol. The minimum atomic E-state index is -0.267. The van der Waals surface area contributed by atoms with Gasteiger partial charge in [0.2, 0.25) is 0 Å². The normalized spacial score (nSPS) is 10.1. The van der Waals surface area contributed by atoms with E-state index in [0.717, 1.165) is 17.1 Å². The number of para-hydroxylation sites is 1. The van der Waals surface area contributed by atoms with E-state index in [9.17, 15) is 9.59 Å². The number of nitrogens with one attached hydrogen (secondary N) is 2. The summed E-state index contributed by atoms with van der Waals surface area (Å²) >= 11 is 0. The van der Waals surface area contributed by atoms with E-state index in [1.54, 1.807) is 30.5 Å². The maximum absolute atomic E-state index is 12.2. The number of hydrogen-bond donors (Lipinski definition) is 2. The molecule has 0 fully saturated rings. The number of anilines is 3. The fourth-order valence-electron chi connectivity index (χ4n) is 2.30. The lowest BCUT2D eigenvalue weighted by atomic mass is 10.1. The van der Waals surface area contributed by atoms with E-state index < -0.39 is 0 Å². The molecule has 0 aliphatic heterocycles. The van der Waals surface area contributed by atoms with Gasteiger partial charge in [0.25, 0.3) is 5.91 Å². The summed E-state index contributed by atoms with van der Waals surface area (Å²) in [4.78, 5) is 27.8. The lowest BCUT2D eigenvalue weighted by molar-refractivity contribution is 0.101. The Morgan fingerprint density at radius 3 is 2.28 bits per heavy atom. The first kappa shape index (κ1) is 16.4. The van der Waals surface area contributed by atoms with Gasteiger partial charge in [-0.3, -0.25) is 9.59 Å². The van der Waals surface area contributed by atoms with Gasteiger partial charge in [0, 0.05) is 16.9 Å². The van der Waals surface area contributed by atoms with Gasteiger partial charge in [-0.05, 0) is 43.3 Å². The topological polar surface area (TPSA) is 71.1 Å². The van der Waals surface area contributed by atoms with E-state index >= 15 is 0 Å². The Morgan fingerprint density at radius 2 is 1.60 bits per heavy atom. The quantitative estimate of drug-likeness (QED) is 0.685. The maximum Gasteiger partial charge on any atom is 0.274 e. The molecule has 2 aromatic carbocycles. The van der Waals surface area contributed by atoms with Gasteiger partial charge in [0.05, 0.1) is 11.9 Å². The SMILES string of the molecule is CC(=O)c1cccc(Nc2ccc(C(=O)Nc3ccccc3)nc2)c1. The Kier molecular flexibility index (Phi) is 4.85. The molecule has 25 heavy (non-hydrogen) atoms. The van der Waals surface area contributed by atoms with Gasteiger partial charge in [-0.1, -0.05) is 30.3 Å². The van der Waals surface area contributed by atoms with Crippen LogP contribution >= 0.6 is 0 Å². The summed E-state index contributed by atoms with van der Waals surface area (Å²) in [6.07, 6.45) is 1.58. The van der Waals surface area contributed by atoms with Gasteiger partial charge in [-0.2, -0.15) is 0 Å². The molecule has 5 nitrogen and oxygen atoms in total. The van der Waals surface area contributed by atoms with Gasteiger partial charge in [0.15, 0.2) is 5.78 Å². The molecule has 0 bridgehead atoms. The highest BCUT2D eigenvalue weighted by Crippen LogP contribution is 2.18. The average Bonchev–Trinajstić information content (AvgIpc) is 2.63. The van der Waals surface area contributed by atoms with E-state index in [2.05, 4.69) is 15.6 Å². The number of benzene rings is 2. The molecule has 3 aromatic rings. The Bertz CT molecular complexity index is 890. The molecule has 0 atom stereocenters. The van der Waals surface area contributed by atoms with Crippen molar-refractivity contribution in [3.8, 4) is 0 Å². The van der Waals surface area contributed by atoms with Crippen LogP contribution in [0.4, 0.5) is 17.1 Å². The molecule has 1 heterocycles. The Balaban J connectivity index is 1.69. The highest BCUT2D eigenvalue weighted by atomic mass is 16.1. The first-order valence-electron chi connectivity index (χ1n) is 7.82. The van der Waals surface area contributed by atoms with Crippen LogP contribution in [-0.4, -0.2) is 16.7 Å². The maximum atomic E-state index is 12.2. The number of rotatable bonds is 5. The summed E-state index contributed by atoms with van der Waals surface area (Å²) in [7, 11) is 0. The third-order valence-corrected chi connectivity index (χ3v) is 3.59. The third kappa shape index (κ3) is 4.29. The predicted molar refractivity (Wildman–Crippen MR) is 98.4 cm³/mol. The zero-order valence-electron chi connectivity index (χ0n) is 13.7. The van der Waals surface area contributed by atoms with Crippen molar-refractivity contribution in [1.29, 1.82) is 0 Å². The fourth-order valence-corrected chi connectivity index (χ4v) is 2.30. The number of hydrogen-bond acceptors (Lipinski definition) is 4. The molecule has 0 saturated heterocycles. The summed E-state index contributed by atoms with van der Waals surface area (Å²) < 4.78 is 0. The van der Waals surface area contributed by atoms with Gasteiger partial charge in [-0.25, -0.2) is 4.98 Å². The number of nitrogens with zero attached hydrogens (tertiary/aromatic N) is 1. The summed E-state index contributed by atoms with van der Waals surface area (Å²) in [5, 5.41) is 5.96. The number of carbonyl (C=O) groups excluding carboxylic acids is 2. The molecular formula is C20H17N3O2. The van der Waals surface area contributed by atoms with Crippen LogP contribution in [0.2, 0.25) is 0 Å². The van der Waals surface area contributed by atoms with Crippen molar-refractivity contribution in [2.24, 2.45) is 0 Å². The lowest BCUT2D eigenvalue weighted by Crippen LogP contribution is -2.13. The van der Waals surface area contributed by atoms with Crippen LogP contribution in [0.15, 0.2) is 72.9 Å². The summed E-state index contributed by atoms with van der Waals surface area (Å²) in [6.45, 7) is 1.53. The number of Topliss-reactive ketones (excluding diaryl/α,β-unsaturated/α-hetero) is 1. The first-order valence-corrected chi connectivity index (χ1v) is 7.82. The molecule has 0 spiro atoms. The van der Waals surface area contributed by atoms with Gasteiger partial charge < -0.3 is 10.6 Å². The van der Waals surface area contributed by atoms with Crippen LogP contribution in [0.5, 0.6) is 0 Å². The smallest absolute Gasteiger partial charge is 0.274 e. The highest BCUT2D eigenvalue weighted by Gasteiger charge is 2.08. The number of pyridine rings is 1. The van der Waals surface area contributed by atoms with Gasteiger partial charge in [0.1, 0.15) is 5.69 Å². The number of carbonyl (C=O) groups is 2. The number of amides is 1. The standard InChI is InChI=1S/C20H17N3O2/c1-14(24)15-6-5-9-17(12-15)22-18-10-11-19(21-13-18)20(25)23-16-7-3-2-4-8-16/h2-13,22H,1H3,(H,23,25). The van der Waals surface area contributed by atoms with Crippen molar-refractivity contribution in [2.45, 2.75) is 6.92 Å².